The number of ether oxygens (including phenoxy) is 1. The van der Waals surface area contributed by atoms with Gasteiger partial charge in [-0.15, -0.1) is 4.79 Å². The molecule has 2 aromatic rings. The molecule has 7 nitrogen and oxygen atoms in total. The van der Waals surface area contributed by atoms with Crippen LogP contribution in [0.3, 0.4) is 0 Å². The van der Waals surface area contributed by atoms with Crippen molar-refractivity contribution in [2.24, 2.45) is 0 Å². The normalized spacial score (nSPS) is 10.8. The van der Waals surface area contributed by atoms with Gasteiger partial charge in [-0.1, -0.05) is 28.3 Å². The number of rotatable bonds is 5. The zero-order valence-corrected chi connectivity index (χ0v) is 12.5. The van der Waals surface area contributed by atoms with Crippen molar-refractivity contribution in [3.05, 3.63) is 27.7 Å². The summed E-state index contributed by atoms with van der Waals surface area (Å²) in [6.45, 7) is 4.22. The fourth-order valence-electron chi connectivity index (χ4n) is 1.54. The van der Waals surface area contributed by atoms with Crippen LogP contribution in [-0.2, 0) is 6.54 Å². The van der Waals surface area contributed by atoms with Crippen molar-refractivity contribution >= 4 is 29.2 Å². The van der Waals surface area contributed by atoms with Crippen LogP contribution in [0.2, 0.25) is 10.0 Å². The largest absolute Gasteiger partial charge is 0.488 e. The number of nitrogen functional groups attached to an aromatic ring is 1. The van der Waals surface area contributed by atoms with Crippen molar-refractivity contribution in [2.75, 3.05) is 11.2 Å². The highest BCUT2D eigenvalue weighted by atomic mass is 35.5. The molecule has 0 aliphatic carbocycles. The molecule has 3 N–H and O–H groups in total. The zero-order valence-electron chi connectivity index (χ0n) is 11.0. The van der Waals surface area contributed by atoms with Gasteiger partial charge in [-0.25, -0.2) is 0 Å². The van der Waals surface area contributed by atoms with E-state index in [0.717, 1.165) is 5.56 Å². The predicted molar refractivity (Wildman–Crippen MR) is 77.5 cm³/mol. The number of nitrogens with two attached hydrogens (primary N) is 1. The summed E-state index contributed by atoms with van der Waals surface area (Å²) in [5.74, 6) is 0.649. The molecule has 0 bridgehead atoms. The predicted octanol–water partition coefficient (Wildman–Crippen LogP) is 2.09. The molecular weight excluding hydrogens is 303 g/mol. The van der Waals surface area contributed by atoms with E-state index in [1.54, 1.807) is 12.1 Å². The molecule has 1 heterocycles. The molecule has 0 amide bonds. The summed E-state index contributed by atoms with van der Waals surface area (Å²) in [6, 6.07) is 3.53. The van der Waals surface area contributed by atoms with Crippen LogP contribution in [0.15, 0.2) is 12.1 Å². The second-order valence-corrected chi connectivity index (χ2v) is 5.15. The van der Waals surface area contributed by atoms with Crippen LogP contribution >= 0.6 is 23.2 Å². The van der Waals surface area contributed by atoms with Gasteiger partial charge >= 0.3 is 0 Å². The molecule has 1 aromatic heterocycles. The van der Waals surface area contributed by atoms with Crippen molar-refractivity contribution in [2.45, 2.75) is 26.5 Å². The Morgan fingerprint density at radius 3 is 2.50 bits per heavy atom. The number of nitrogens with one attached hydrogen (secondary N) is 1. The maximum atomic E-state index is 6.16. The van der Waals surface area contributed by atoms with Crippen LogP contribution < -0.4 is 15.9 Å². The third kappa shape index (κ3) is 3.43. The number of halogens is 2. The lowest BCUT2D eigenvalue weighted by molar-refractivity contribution is 0.242. The van der Waals surface area contributed by atoms with Crippen LogP contribution in [0.5, 0.6) is 5.75 Å². The highest BCUT2D eigenvalue weighted by Crippen LogP contribution is 2.34. The first-order valence-electron chi connectivity index (χ1n) is 5.89. The number of hydrogen-bond donors (Lipinski definition) is 2. The summed E-state index contributed by atoms with van der Waals surface area (Å²) in [4.78, 5) is 1.26. The monoisotopic (exact) mass is 316 g/mol. The lowest BCUT2D eigenvalue weighted by Crippen LogP contribution is -2.18. The minimum atomic E-state index is -0.00463. The molecule has 0 saturated carbocycles. The van der Waals surface area contributed by atoms with E-state index in [0.29, 0.717) is 22.3 Å². The quantitative estimate of drug-likeness (QED) is 0.877. The van der Waals surface area contributed by atoms with Gasteiger partial charge in [0.25, 0.3) is 5.95 Å². The molecule has 0 spiro atoms. The number of hydrogen-bond acceptors (Lipinski definition) is 6. The summed E-state index contributed by atoms with van der Waals surface area (Å²) in [7, 11) is 0. The third-order valence-corrected chi connectivity index (χ3v) is 2.90. The van der Waals surface area contributed by atoms with E-state index in [9.17, 15) is 0 Å². The van der Waals surface area contributed by atoms with Crippen molar-refractivity contribution in [1.82, 2.24) is 20.3 Å². The maximum absolute atomic E-state index is 6.16. The number of benzene rings is 1. The SMILES string of the molecule is CC(C)Oc1c(Cl)cc(CNn2nnnc2N)cc1Cl. The highest BCUT2D eigenvalue weighted by molar-refractivity contribution is 6.37. The van der Waals surface area contributed by atoms with Crippen LogP contribution in [-0.4, -0.2) is 26.4 Å². The Hall–Kier alpha value is -1.73. The lowest BCUT2D eigenvalue weighted by atomic mass is 10.2. The number of nitrogens with zero attached hydrogens (tertiary/aromatic N) is 4. The second-order valence-electron chi connectivity index (χ2n) is 4.34. The first-order chi connectivity index (χ1) is 9.47. The Morgan fingerprint density at radius 1 is 1.35 bits per heavy atom. The Balaban J connectivity index is 2.12. The molecule has 1 aromatic carbocycles. The minimum absolute atomic E-state index is 0.00463. The van der Waals surface area contributed by atoms with E-state index in [1.807, 2.05) is 13.8 Å². The van der Waals surface area contributed by atoms with Gasteiger partial charge in [0.05, 0.1) is 22.7 Å². The van der Waals surface area contributed by atoms with Gasteiger partial charge < -0.3 is 15.9 Å². The Kier molecular flexibility index (Phi) is 4.51. The topological polar surface area (TPSA) is 90.9 Å². The molecule has 0 aliphatic rings. The number of anilines is 1. The Morgan fingerprint density at radius 2 is 2.00 bits per heavy atom. The Labute approximate surface area is 126 Å². The van der Waals surface area contributed by atoms with E-state index < -0.39 is 0 Å². The van der Waals surface area contributed by atoms with E-state index in [4.69, 9.17) is 33.7 Å². The van der Waals surface area contributed by atoms with Crippen molar-refractivity contribution in [1.29, 1.82) is 0 Å². The average molecular weight is 317 g/mol. The van der Waals surface area contributed by atoms with Gasteiger partial charge in [-0.3, -0.25) is 0 Å². The highest BCUT2D eigenvalue weighted by Gasteiger charge is 2.11. The van der Waals surface area contributed by atoms with Gasteiger partial charge in [-0.2, -0.15) is 0 Å². The zero-order chi connectivity index (χ0) is 14.7. The van der Waals surface area contributed by atoms with Crippen molar-refractivity contribution < 1.29 is 4.74 Å². The van der Waals surface area contributed by atoms with E-state index in [2.05, 4.69) is 21.0 Å². The molecule has 0 fully saturated rings. The van der Waals surface area contributed by atoms with Gasteiger partial charge in [0.15, 0.2) is 5.75 Å². The molecule has 0 atom stereocenters. The van der Waals surface area contributed by atoms with Gasteiger partial charge in [-0.05, 0) is 42.0 Å². The molecule has 9 heteroatoms. The lowest BCUT2D eigenvalue weighted by Gasteiger charge is -2.14. The maximum Gasteiger partial charge on any atom is 0.260 e. The van der Waals surface area contributed by atoms with Gasteiger partial charge in [0.1, 0.15) is 0 Å². The molecule has 20 heavy (non-hydrogen) atoms. The molecule has 0 unspecified atom stereocenters. The fraction of sp³-hybridized carbons (Fsp3) is 0.364. The second kappa shape index (κ2) is 6.15. The molecular formula is C11H14Cl2N6O. The third-order valence-electron chi connectivity index (χ3n) is 2.34. The summed E-state index contributed by atoms with van der Waals surface area (Å²) in [6.07, 6.45) is -0.00463. The van der Waals surface area contributed by atoms with Crippen LogP contribution in [0.25, 0.3) is 0 Å². The van der Waals surface area contributed by atoms with Crippen molar-refractivity contribution in [3.63, 3.8) is 0 Å². The summed E-state index contributed by atoms with van der Waals surface area (Å²) in [5.41, 5.74) is 9.31. The van der Waals surface area contributed by atoms with E-state index in [1.165, 1.54) is 4.79 Å². The molecule has 2 rings (SSSR count). The van der Waals surface area contributed by atoms with Crippen molar-refractivity contribution in [3.8, 4) is 5.75 Å². The van der Waals surface area contributed by atoms with Crippen LogP contribution in [0.4, 0.5) is 5.95 Å². The molecule has 0 radical (unpaired) electrons. The molecule has 108 valence electrons. The molecule has 0 saturated heterocycles. The summed E-state index contributed by atoms with van der Waals surface area (Å²) >= 11 is 12.3. The van der Waals surface area contributed by atoms with E-state index >= 15 is 0 Å². The molecule has 0 aliphatic heterocycles. The standard InChI is InChI=1S/C11H14Cl2N6O/c1-6(2)20-10-8(12)3-7(4-9(10)13)5-15-19-11(14)16-17-18-19/h3-4,6,15H,5H2,1-2H3,(H2,14,16,18). The number of tetrazole rings is 1. The first-order valence-corrected chi connectivity index (χ1v) is 6.65. The van der Waals surface area contributed by atoms with E-state index in [-0.39, 0.29) is 12.1 Å². The van der Waals surface area contributed by atoms with Crippen LogP contribution in [0.1, 0.15) is 19.4 Å². The average Bonchev–Trinajstić information content (AvgIpc) is 2.77. The van der Waals surface area contributed by atoms with Gasteiger partial charge in [0.2, 0.25) is 0 Å². The Bertz CT molecular complexity index is 577. The summed E-state index contributed by atoms with van der Waals surface area (Å²) in [5, 5.41) is 11.5. The fourth-order valence-corrected chi connectivity index (χ4v) is 2.16. The van der Waals surface area contributed by atoms with Crippen LogP contribution in [0, 0.1) is 0 Å². The smallest absolute Gasteiger partial charge is 0.260 e. The number of aromatic nitrogens is 4. The first kappa shape index (κ1) is 14.7. The summed E-state index contributed by atoms with van der Waals surface area (Å²) < 4.78 is 5.56. The minimum Gasteiger partial charge on any atom is -0.488 e. The van der Waals surface area contributed by atoms with Gasteiger partial charge in [0, 0.05) is 0 Å².